The lowest BCUT2D eigenvalue weighted by Crippen LogP contribution is -2.17. The first kappa shape index (κ1) is 16.2. The molecule has 0 aromatic heterocycles. The van der Waals surface area contributed by atoms with Crippen molar-refractivity contribution in [2.75, 3.05) is 6.61 Å². The van der Waals surface area contributed by atoms with Gasteiger partial charge in [-0.2, -0.15) is 5.10 Å². The lowest BCUT2D eigenvalue weighted by atomic mass is 10.2. The van der Waals surface area contributed by atoms with E-state index in [1.165, 1.54) is 0 Å². The quantitative estimate of drug-likeness (QED) is 0.625. The van der Waals surface area contributed by atoms with Crippen molar-refractivity contribution in [1.29, 1.82) is 0 Å². The van der Waals surface area contributed by atoms with Crippen molar-refractivity contribution in [2.45, 2.75) is 13.3 Å². The number of nitrogens with zero attached hydrogens (tertiary/aromatic N) is 1. The second-order valence-electron chi connectivity index (χ2n) is 4.63. The third-order valence-electron chi connectivity index (χ3n) is 2.82. The van der Waals surface area contributed by atoms with Crippen LogP contribution in [0.4, 0.5) is 0 Å². The highest BCUT2D eigenvalue weighted by Crippen LogP contribution is 2.12. The number of hydrazone groups is 1. The molecule has 0 bridgehead atoms. The molecule has 0 aliphatic rings. The summed E-state index contributed by atoms with van der Waals surface area (Å²) < 4.78 is 6.44. The molecule has 0 spiro atoms. The topological polar surface area (TPSA) is 50.7 Å². The molecule has 1 N–H and O–H groups in total. The Morgan fingerprint density at radius 3 is 2.73 bits per heavy atom. The first-order chi connectivity index (χ1) is 10.7. The number of hydrogen-bond acceptors (Lipinski definition) is 3. The summed E-state index contributed by atoms with van der Waals surface area (Å²) >= 11 is 3.38. The van der Waals surface area contributed by atoms with Crippen molar-refractivity contribution >= 4 is 28.1 Å². The predicted octanol–water partition coefficient (Wildman–Crippen LogP) is 4.00. The van der Waals surface area contributed by atoms with Crippen LogP contribution in [0.15, 0.2) is 58.1 Å². The van der Waals surface area contributed by atoms with Crippen LogP contribution >= 0.6 is 15.9 Å². The molecule has 0 heterocycles. The minimum Gasteiger partial charge on any atom is -0.494 e. The summed E-state index contributed by atoms with van der Waals surface area (Å²) in [6, 6.07) is 14.6. The fraction of sp³-hybridized carbons (Fsp3) is 0.176. The number of carbonyl (C=O) groups excluding carboxylic acids is 1. The van der Waals surface area contributed by atoms with Gasteiger partial charge in [0.25, 0.3) is 5.91 Å². The number of hydrogen-bond donors (Lipinski definition) is 1. The molecule has 0 unspecified atom stereocenters. The molecule has 2 rings (SSSR count). The van der Waals surface area contributed by atoms with Crippen LogP contribution in [0, 0.1) is 0 Å². The van der Waals surface area contributed by atoms with E-state index >= 15 is 0 Å². The second kappa shape index (κ2) is 8.34. The molecule has 0 aliphatic carbocycles. The Kier molecular flexibility index (Phi) is 6.15. The fourth-order valence-electron chi connectivity index (χ4n) is 1.74. The van der Waals surface area contributed by atoms with Gasteiger partial charge in [-0.15, -0.1) is 0 Å². The van der Waals surface area contributed by atoms with Crippen molar-refractivity contribution in [1.82, 2.24) is 5.43 Å². The molecule has 1 amide bonds. The van der Waals surface area contributed by atoms with Gasteiger partial charge >= 0.3 is 0 Å². The molecule has 0 saturated heterocycles. The van der Waals surface area contributed by atoms with Crippen molar-refractivity contribution in [3.63, 3.8) is 0 Å². The lowest BCUT2D eigenvalue weighted by molar-refractivity contribution is 0.0955. The van der Waals surface area contributed by atoms with E-state index in [-0.39, 0.29) is 5.91 Å². The summed E-state index contributed by atoms with van der Waals surface area (Å²) in [5, 5.41) is 3.95. The SMILES string of the molecule is CCCOc1ccc(C(=O)N/N=C/c2cccc(Br)c2)cc1. The summed E-state index contributed by atoms with van der Waals surface area (Å²) in [6.07, 6.45) is 2.55. The average molecular weight is 361 g/mol. The van der Waals surface area contributed by atoms with Crippen LogP contribution in [0.1, 0.15) is 29.3 Å². The van der Waals surface area contributed by atoms with E-state index in [0.717, 1.165) is 22.2 Å². The summed E-state index contributed by atoms with van der Waals surface area (Å²) in [4.78, 5) is 12.0. The number of halogens is 1. The van der Waals surface area contributed by atoms with E-state index in [1.807, 2.05) is 31.2 Å². The molecular formula is C17H17BrN2O2. The second-order valence-corrected chi connectivity index (χ2v) is 5.54. The Bertz CT molecular complexity index is 654. The highest BCUT2D eigenvalue weighted by Gasteiger charge is 2.04. The Balaban J connectivity index is 1.91. The molecule has 2 aromatic rings. The molecule has 0 saturated carbocycles. The maximum Gasteiger partial charge on any atom is 0.271 e. The maximum atomic E-state index is 12.0. The van der Waals surface area contributed by atoms with E-state index < -0.39 is 0 Å². The molecule has 0 aliphatic heterocycles. The number of nitrogens with one attached hydrogen (secondary N) is 1. The molecule has 5 heteroatoms. The van der Waals surface area contributed by atoms with Crippen LogP contribution in [-0.2, 0) is 0 Å². The molecule has 22 heavy (non-hydrogen) atoms. The fourth-order valence-corrected chi connectivity index (χ4v) is 2.16. The Labute approximate surface area is 138 Å². The zero-order valence-electron chi connectivity index (χ0n) is 12.3. The van der Waals surface area contributed by atoms with E-state index in [4.69, 9.17) is 4.74 Å². The molecule has 4 nitrogen and oxygen atoms in total. The molecule has 0 fully saturated rings. The van der Waals surface area contributed by atoms with Crippen LogP contribution in [0.3, 0.4) is 0 Å². The van der Waals surface area contributed by atoms with Crippen molar-refractivity contribution < 1.29 is 9.53 Å². The third kappa shape index (κ3) is 5.00. The average Bonchev–Trinajstić information content (AvgIpc) is 2.53. The van der Waals surface area contributed by atoms with Gasteiger partial charge in [0.1, 0.15) is 5.75 Å². The first-order valence-electron chi connectivity index (χ1n) is 7.01. The normalized spacial score (nSPS) is 10.6. The van der Waals surface area contributed by atoms with E-state index in [9.17, 15) is 4.79 Å². The van der Waals surface area contributed by atoms with E-state index in [2.05, 4.69) is 26.5 Å². The maximum absolute atomic E-state index is 12.0. The van der Waals surface area contributed by atoms with Crippen LogP contribution in [-0.4, -0.2) is 18.7 Å². The monoisotopic (exact) mass is 360 g/mol. The van der Waals surface area contributed by atoms with Crippen molar-refractivity contribution in [3.05, 3.63) is 64.1 Å². The molecule has 0 radical (unpaired) electrons. The van der Waals surface area contributed by atoms with E-state index in [1.54, 1.807) is 30.5 Å². The van der Waals surface area contributed by atoms with Crippen LogP contribution < -0.4 is 10.2 Å². The summed E-state index contributed by atoms with van der Waals surface area (Å²) in [7, 11) is 0. The highest BCUT2D eigenvalue weighted by molar-refractivity contribution is 9.10. The molecular weight excluding hydrogens is 344 g/mol. The predicted molar refractivity (Wildman–Crippen MR) is 91.4 cm³/mol. The molecule has 0 atom stereocenters. The largest absolute Gasteiger partial charge is 0.494 e. The number of amides is 1. The summed E-state index contributed by atoms with van der Waals surface area (Å²) in [6.45, 7) is 2.72. The number of ether oxygens (including phenoxy) is 1. The van der Waals surface area contributed by atoms with Crippen molar-refractivity contribution in [3.8, 4) is 5.75 Å². The first-order valence-corrected chi connectivity index (χ1v) is 7.80. The highest BCUT2D eigenvalue weighted by atomic mass is 79.9. The Morgan fingerprint density at radius 2 is 2.05 bits per heavy atom. The van der Waals surface area contributed by atoms with Gasteiger partial charge in [0.2, 0.25) is 0 Å². The standard InChI is InChI=1S/C17H17BrN2O2/c1-2-10-22-16-8-6-14(7-9-16)17(21)20-19-12-13-4-3-5-15(18)11-13/h3-9,11-12H,2,10H2,1H3,(H,20,21)/b19-12+. The Morgan fingerprint density at radius 1 is 1.27 bits per heavy atom. The number of carbonyl (C=O) groups is 1. The number of rotatable bonds is 6. The molecule has 2 aromatic carbocycles. The van der Waals surface area contributed by atoms with Gasteiger partial charge in [0.05, 0.1) is 12.8 Å². The smallest absolute Gasteiger partial charge is 0.271 e. The van der Waals surface area contributed by atoms with Crippen molar-refractivity contribution in [2.24, 2.45) is 5.10 Å². The van der Waals surface area contributed by atoms with Gasteiger partial charge < -0.3 is 4.74 Å². The van der Waals surface area contributed by atoms with Gasteiger partial charge in [-0.05, 0) is 48.4 Å². The molecule has 114 valence electrons. The number of benzene rings is 2. The lowest BCUT2D eigenvalue weighted by Gasteiger charge is -2.05. The Hall–Kier alpha value is -2.14. The zero-order chi connectivity index (χ0) is 15.8. The van der Waals surface area contributed by atoms with Gasteiger partial charge in [0.15, 0.2) is 0 Å². The third-order valence-corrected chi connectivity index (χ3v) is 3.31. The van der Waals surface area contributed by atoms with Gasteiger partial charge in [-0.1, -0.05) is 35.0 Å². The van der Waals surface area contributed by atoms with Crippen LogP contribution in [0.2, 0.25) is 0 Å². The zero-order valence-corrected chi connectivity index (χ0v) is 13.8. The summed E-state index contributed by atoms with van der Waals surface area (Å²) in [5.74, 6) is 0.504. The van der Waals surface area contributed by atoms with Crippen LogP contribution in [0.25, 0.3) is 0 Å². The summed E-state index contributed by atoms with van der Waals surface area (Å²) in [5.41, 5.74) is 3.94. The van der Waals surface area contributed by atoms with E-state index in [0.29, 0.717) is 12.2 Å². The van der Waals surface area contributed by atoms with Gasteiger partial charge in [-0.25, -0.2) is 5.43 Å². The van der Waals surface area contributed by atoms with Gasteiger partial charge in [0, 0.05) is 10.0 Å². The minimum atomic E-state index is -0.256. The van der Waals surface area contributed by atoms with Crippen LogP contribution in [0.5, 0.6) is 5.75 Å². The van der Waals surface area contributed by atoms with Gasteiger partial charge in [-0.3, -0.25) is 4.79 Å². The minimum absolute atomic E-state index is 0.256.